The van der Waals surface area contributed by atoms with Crippen LogP contribution in [-0.2, 0) is 13.2 Å². The van der Waals surface area contributed by atoms with E-state index in [1.807, 2.05) is 18.2 Å². The van der Waals surface area contributed by atoms with E-state index >= 15 is 0 Å². The van der Waals surface area contributed by atoms with Crippen molar-refractivity contribution in [1.82, 2.24) is 9.88 Å². The molecule has 1 heterocycles. The number of aliphatic hydroxyl groups excluding tert-OH is 1. The molecule has 0 atom stereocenters. The Balaban J connectivity index is 1.72. The molecule has 0 saturated carbocycles. The first-order valence-electron chi connectivity index (χ1n) is 7.58. The summed E-state index contributed by atoms with van der Waals surface area (Å²) in [6.07, 6.45) is 3.48. The molecule has 4 nitrogen and oxygen atoms in total. The van der Waals surface area contributed by atoms with Crippen LogP contribution >= 0.6 is 0 Å². The lowest BCUT2D eigenvalue weighted by Gasteiger charge is -2.10. The van der Waals surface area contributed by atoms with Crippen LogP contribution in [0, 0.1) is 5.82 Å². The standard InChI is InChI=1S/C19H17FN2O2/c20-17-11-14(7-8-18(17)22-9-3-4-10-22)19(24)21-12-15-5-1-2-6-16(15)13-23/h1-11,23H,12-13H2,(H,21,24). The number of carbonyl (C=O) groups is 1. The van der Waals surface area contributed by atoms with Crippen molar-refractivity contribution in [2.75, 3.05) is 0 Å². The third-order valence-corrected chi connectivity index (χ3v) is 3.82. The van der Waals surface area contributed by atoms with Gasteiger partial charge in [-0.3, -0.25) is 4.79 Å². The fourth-order valence-corrected chi connectivity index (χ4v) is 2.51. The minimum atomic E-state index is -0.463. The van der Waals surface area contributed by atoms with Gasteiger partial charge in [0.05, 0.1) is 12.3 Å². The molecule has 5 heteroatoms. The van der Waals surface area contributed by atoms with Crippen LogP contribution in [0.4, 0.5) is 4.39 Å². The van der Waals surface area contributed by atoms with E-state index in [1.165, 1.54) is 6.07 Å². The van der Waals surface area contributed by atoms with Crippen LogP contribution in [0.2, 0.25) is 0 Å². The van der Waals surface area contributed by atoms with Crippen molar-refractivity contribution in [3.8, 4) is 5.69 Å². The van der Waals surface area contributed by atoms with E-state index in [0.29, 0.717) is 5.69 Å². The van der Waals surface area contributed by atoms with Gasteiger partial charge in [0.1, 0.15) is 5.82 Å². The summed E-state index contributed by atoms with van der Waals surface area (Å²) in [5, 5.41) is 12.0. The molecule has 1 aromatic heterocycles. The molecule has 3 rings (SSSR count). The molecule has 122 valence electrons. The predicted octanol–water partition coefficient (Wildman–Crippen LogP) is 3.04. The van der Waals surface area contributed by atoms with Gasteiger partial charge in [-0.1, -0.05) is 24.3 Å². The van der Waals surface area contributed by atoms with Gasteiger partial charge in [-0.25, -0.2) is 4.39 Å². The fourth-order valence-electron chi connectivity index (χ4n) is 2.51. The maximum atomic E-state index is 14.2. The molecular weight excluding hydrogens is 307 g/mol. The molecule has 0 fully saturated rings. The summed E-state index contributed by atoms with van der Waals surface area (Å²) in [6.45, 7) is 0.183. The molecule has 0 aliphatic carbocycles. The third-order valence-electron chi connectivity index (χ3n) is 3.82. The SMILES string of the molecule is O=C(NCc1ccccc1CO)c1ccc(-n2cccc2)c(F)c1. The highest BCUT2D eigenvalue weighted by atomic mass is 19.1. The van der Waals surface area contributed by atoms with Crippen LogP contribution in [0.15, 0.2) is 67.0 Å². The number of hydrogen-bond acceptors (Lipinski definition) is 2. The van der Waals surface area contributed by atoms with Crippen molar-refractivity contribution in [1.29, 1.82) is 0 Å². The highest BCUT2D eigenvalue weighted by Gasteiger charge is 2.11. The summed E-state index contributed by atoms with van der Waals surface area (Å²) in [7, 11) is 0. The minimum Gasteiger partial charge on any atom is -0.392 e. The van der Waals surface area contributed by atoms with E-state index in [9.17, 15) is 14.3 Å². The number of hydrogen-bond donors (Lipinski definition) is 2. The van der Waals surface area contributed by atoms with E-state index in [1.54, 1.807) is 47.3 Å². The molecule has 0 spiro atoms. The zero-order chi connectivity index (χ0) is 16.9. The largest absolute Gasteiger partial charge is 0.392 e. The summed E-state index contributed by atoms with van der Waals surface area (Å²) >= 11 is 0. The number of aromatic nitrogens is 1. The summed E-state index contributed by atoms with van der Waals surface area (Å²) in [5.74, 6) is -0.824. The van der Waals surface area contributed by atoms with Crippen LogP contribution in [0.5, 0.6) is 0 Å². The van der Waals surface area contributed by atoms with Gasteiger partial charge in [0, 0.05) is 24.5 Å². The molecule has 0 radical (unpaired) electrons. The number of halogens is 1. The summed E-state index contributed by atoms with van der Waals surface area (Å²) in [5.41, 5.74) is 2.23. The second-order valence-electron chi connectivity index (χ2n) is 5.37. The minimum absolute atomic E-state index is 0.0910. The van der Waals surface area contributed by atoms with Gasteiger partial charge in [-0.2, -0.15) is 0 Å². The number of benzene rings is 2. The molecule has 24 heavy (non-hydrogen) atoms. The van der Waals surface area contributed by atoms with Crippen LogP contribution in [-0.4, -0.2) is 15.6 Å². The smallest absolute Gasteiger partial charge is 0.251 e. The monoisotopic (exact) mass is 324 g/mol. The van der Waals surface area contributed by atoms with E-state index in [4.69, 9.17) is 0 Å². The highest BCUT2D eigenvalue weighted by Crippen LogP contribution is 2.16. The normalized spacial score (nSPS) is 10.6. The average molecular weight is 324 g/mol. The van der Waals surface area contributed by atoms with Gasteiger partial charge in [0.2, 0.25) is 0 Å². The van der Waals surface area contributed by atoms with Gasteiger partial charge in [0.25, 0.3) is 5.91 Å². The second kappa shape index (κ2) is 7.10. The van der Waals surface area contributed by atoms with Crippen molar-refractivity contribution in [2.45, 2.75) is 13.2 Å². The number of nitrogens with zero attached hydrogens (tertiary/aromatic N) is 1. The Morgan fingerprint density at radius 3 is 2.42 bits per heavy atom. The Labute approximate surface area is 139 Å². The lowest BCUT2D eigenvalue weighted by Crippen LogP contribution is -2.23. The number of carbonyl (C=O) groups excluding carboxylic acids is 1. The number of aliphatic hydroxyl groups is 1. The Bertz CT molecular complexity index is 844. The van der Waals surface area contributed by atoms with Crippen molar-refractivity contribution >= 4 is 5.91 Å². The van der Waals surface area contributed by atoms with E-state index < -0.39 is 5.82 Å². The van der Waals surface area contributed by atoms with E-state index in [-0.39, 0.29) is 24.6 Å². The lowest BCUT2D eigenvalue weighted by atomic mass is 10.1. The van der Waals surface area contributed by atoms with E-state index in [2.05, 4.69) is 5.32 Å². The van der Waals surface area contributed by atoms with Crippen molar-refractivity contribution in [3.63, 3.8) is 0 Å². The quantitative estimate of drug-likeness (QED) is 0.758. The Kier molecular flexibility index (Phi) is 4.72. The third kappa shape index (κ3) is 3.36. The Morgan fingerprint density at radius 1 is 1.04 bits per heavy atom. The van der Waals surface area contributed by atoms with Crippen molar-refractivity contribution in [3.05, 3.63) is 89.5 Å². The Hall–Kier alpha value is -2.92. The van der Waals surface area contributed by atoms with Crippen molar-refractivity contribution in [2.24, 2.45) is 0 Å². The molecule has 2 N–H and O–H groups in total. The molecule has 0 bridgehead atoms. The summed E-state index contributed by atoms with van der Waals surface area (Å²) < 4.78 is 15.9. The molecular formula is C19H17FN2O2. The molecule has 0 aliphatic rings. The van der Waals surface area contributed by atoms with E-state index in [0.717, 1.165) is 11.1 Å². The summed E-state index contributed by atoms with van der Waals surface area (Å²) in [6, 6.07) is 15.3. The number of nitrogens with one attached hydrogen (secondary N) is 1. The first kappa shape index (κ1) is 16.0. The Morgan fingerprint density at radius 2 is 1.75 bits per heavy atom. The molecule has 3 aromatic rings. The molecule has 0 aliphatic heterocycles. The van der Waals surface area contributed by atoms with Gasteiger partial charge < -0.3 is 15.0 Å². The van der Waals surface area contributed by atoms with Gasteiger partial charge in [-0.05, 0) is 41.5 Å². The summed E-state index contributed by atoms with van der Waals surface area (Å²) in [4.78, 5) is 12.2. The maximum Gasteiger partial charge on any atom is 0.251 e. The van der Waals surface area contributed by atoms with Crippen LogP contribution in [0.25, 0.3) is 5.69 Å². The zero-order valence-corrected chi connectivity index (χ0v) is 12.9. The number of rotatable bonds is 5. The van der Waals surface area contributed by atoms with Crippen LogP contribution < -0.4 is 5.32 Å². The first-order chi connectivity index (χ1) is 11.7. The molecule has 1 amide bonds. The fraction of sp³-hybridized carbons (Fsp3) is 0.105. The van der Waals surface area contributed by atoms with Gasteiger partial charge in [0.15, 0.2) is 0 Å². The first-order valence-corrected chi connectivity index (χ1v) is 7.58. The molecule has 2 aromatic carbocycles. The second-order valence-corrected chi connectivity index (χ2v) is 5.37. The molecule has 0 unspecified atom stereocenters. The van der Waals surface area contributed by atoms with Crippen LogP contribution in [0.3, 0.4) is 0 Å². The van der Waals surface area contributed by atoms with Crippen molar-refractivity contribution < 1.29 is 14.3 Å². The highest BCUT2D eigenvalue weighted by molar-refractivity contribution is 5.94. The van der Waals surface area contributed by atoms with Gasteiger partial charge in [-0.15, -0.1) is 0 Å². The topological polar surface area (TPSA) is 54.3 Å². The predicted molar refractivity (Wildman–Crippen MR) is 89.3 cm³/mol. The lowest BCUT2D eigenvalue weighted by molar-refractivity contribution is 0.0950. The maximum absolute atomic E-state index is 14.2. The number of amides is 1. The zero-order valence-electron chi connectivity index (χ0n) is 12.9. The average Bonchev–Trinajstić information content (AvgIpc) is 3.14. The molecule has 0 saturated heterocycles. The van der Waals surface area contributed by atoms with Crippen LogP contribution in [0.1, 0.15) is 21.5 Å². The van der Waals surface area contributed by atoms with Gasteiger partial charge >= 0.3 is 0 Å².